The van der Waals surface area contributed by atoms with Gasteiger partial charge >= 0.3 is 0 Å². The van der Waals surface area contributed by atoms with Crippen LogP contribution >= 0.6 is 0 Å². The van der Waals surface area contributed by atoms with E-state index in [1.807, 2.05) is 11.7 Å². The smallest absolute Gasteiger partial charge is 0.131 e. The molecule has 1 N–H and O–H groups in total. The topological polar surface area (TPSA) is 42.3 Å². The van der Waals surface area contributed by atoms with E-state index in [4.69, 9.17) is 4.74 Å². The Morgan fingerprint density at radius 1 is 1.42 bits per heavy atom. The lowest BCUT2D eigenvalue weighted by atomic mass is 10.2. The third-order valence-electron chi connectivity index (χ3n) is 3.42. The van der Waals surface area contributed by atoms with E-state index in [2.05, 4.69) is 43.0 Å². The van der Waals surface area contributed by atoms with Crippen molar-refractivity contribution in [1.29, 1.82) is 0 Å². The average molecular weight is 268 g/mol. The molecule has 5 heteroatoms. The maximum atomic E-state index is 5.29. The largest absolute Gasteiger partial charge is 0.383 e. The van der Waals surface area contributed by atoms with Gasteiger partial charge in [0.2, 0.25) is 0 Å². The highest BCUT2D eigenvalue weighted by Gasteiger charge is 2.21. The Kier molecular flexibility index (Phi) is 6.31. The summed E-state index contributed by atoms with van der Waals surface area (Å²) < 4.78 is 7.27. The third-order valence-corrected chi connectivity index (χ3v) is 3.42. The monoisotopic (exact) mass is 268 g/mol. The first-order valence-electron chi connectivity index (χ1n) is 7.05. The first-order valence-corrected chi connectivity index (χ1v) is 7.05. The Balaban J connectivity index is 3.07. The van der Waals surface area contributed by atoms with Crippen molar-refractivity contribution in [3.8, 4) is 0 Å². The molecule has 0 saturated heterocycles. The van der Waals surface area contributed by atoms with E-state index in [0.29, 0.717) is 6.04 Å². The summed E-state index contributed by atoms with van der Waals surface area (Å²) in [5.41, 5.74) is 2.38. The molecule has 0 spiro atoms. The van der Waals surface area contributed by atoms with Crippen molar-refractivity contribution < 1.29 is 4.74 Å². The molecule has 0 saturated carbocycles. The number of ether oxygens (including phenoxy) is 1. The van der Waals surface area contributed by atoms with Crippen molar-refractivity contribution in [3.63, 3.8) is 0 Å². The van der Waals surface area contributed by atoms with Gasteiger partial charge in [-0.2, -0.15) is 5.10 Å². The quantitative estimate of drug-likeness (QED) is 0.779. The number of hydrogen-bond donors (Lipinski definition) is 1. The normalized spacial score (nSPS) is 12.7. The number of hydrogen-bond acceptors (Lipinski definition) is 4. The van der Waals surface area contributed by atoms with E-state index in [9.17, 15) is 0 Å². The zero-order chi connectivity index (χ0) is 14.4. The van der Waals surface area contributed by atoms with Gasteiger partial charge < -0.3 is 15.0 Å². The maximum Gasteiger partial charge on any atom is 0.131 e. The molecule has 110 valence electrons. The molecule has 0 radical (unpaired) electrons. The first-order chi connectivity index (χ1) is 9.06. The fraction of sp³-hybridized carbons (Fsp3) is 0.786. The molecule has 1 heterocycles. The van der Waals surface area contributed by atoms with Crippen LogP contribution in [0.4, 0.5) is 5.82 Å². The molecule has 1 aromatic heterocycles. The molecule has 19 heavy (non-hydrogen) atoms. The van der Waals surface area contributed by atoms with Crippen molar-refractivity contribution in [2.45, 2.75) is 40.3 Å². The second kappa shape index (κ2) is 7.50. The number of rotatable bonds is 8. The lowest BCUT2D eigenvalue weighted by molar-refractivity contribution is 0.181. The number of aromatic nitrogens is 2. The Bertz CT molecular complexity index is 389. The van der Waals surface area contributed by atoms with Crippen LogP contribution in [0.1, 0.15) is 32.0 Å². The molecule has 0 amide bonds. The summed E-state index contributed by atoms with van der Waals surface area (Å²) in [6.45, 7) is 12.1. The summed E-state index contributed by atoms with van der Waals surface area (Å²) in [5.74, 6) is 1.20. The zero-order valence-corrected chi connectivity index (χ0v) is 13.2. The number of anilines is 1. The van der Waals surface area contributed by atoms with Crippen LogP contribution in [0.25, 0.3) is 0 Å². The van der Waals surface area contributed by atoms with E-state index in [0.717, 1.165) is 31.9 Å². The minimum Gasteiger partial charge on any atom is -0.383 e. The highest BCUT2D eigenvalue weighted by Crippen LogP contribution is 2.25. The summed E-state index contributed by atoms with van der Waals surface area (Å²) in [4.78, 5) is 2.36. The van der Waals surface area contributed by atoms with Gasteiger partial charge in [0, 0.05) is 32.8 Å². The van der Waals surface area contributed by atoms with Crippen molar-refractivity contribution in [1.82, 2.24) is 15.1 Å². The van der Waals surface area contributed by atoms with Crippen LogP contribution < -0.4 is 10.2 Å². The number of nitrogens with zero attached hydrogens (tertiary/aromatic N) is 3. The fourth-order valence-electron chi connectivity index (χ4n) is 2.51. The fourth-order valence-corrected chi connectivity index (χ4v) is 2.51. The van der Waals surface area contributed by atoms with E-state index >= 15 is 0 Å². The van der Waals surface area contributed by atoms with Gasteiger partial charge in [0.05, 0.1) is 18.3 Å². The number of aryl methyl sites for hydroxylation is 2. The Labute approximate surface area is 116 Å². The molecule has 1 unspecified atom stereocenters. The Morgan fingerprint density at radius 2 is 2.11 bits per heavy atom. The van der Waals surface area contributed by atoms with Crippen molar-refractivity contribution in [2.75, 3.05) is 31.7 Å². The van der Waals surface area contributed by atoms with Crippen LogP contribution in [0.15, 0.2) is 0 Å². The molecule has 0 fully saturated rings. The zero-order valence-electron chi connectivity index (χ0n) is 13.2. The third kappa shape index (κ3) is 3.70. The van der Waals surface area contributed by atoms with Crippen LogP contribution in [0, 0.1) is 6.92 Å². The first kappa shape index (κ1) is 16.0. The van der Waals surface area contributed by atoms with Crippen LogP contribution in [-0.2, 0) is 18.3 Å². The van der Waals surface area contributed by atoms with Crippen molar-refractivity contribution in [2.24, 2.45) is 7.05 Å². The minimum absolute atomic E-state index is 0.338. The molecule has 0 aliphatic carbocycles. The van der Waals surface area contributed by atoms with Crippen LogP contribution in [0.5, 0.6) is 0 Å². The van der Waals surface area contributed by atoms with Gasteiger partial charge in [-0.3, -0.25) is 4.68 Å². The van der Waals surface area contributed by atoms with Crippen LogP contribution in [-0.4, -0.2) is 42.6 Å². The molecule has 0 aliphatic heterocycles. The highest BCUT2D eigenvalue weighted by molar-refractivity contribution is 5.51. The lowest BCUT2D eigenvalue weighted by Gasteiger charge is -2.30. The van der Waals surface area contributed by atoms with Crippen molar-refractivity contribution >= 4 is 5.82 Å². The summed E-state index contributed by atoms with van der Waals surface area (Å²) in [5, 5.41) is 7.97. The summed E-state index contributed by atoms with van der Waals surface area (Å²) in [6, 6.07) is 0.338. The molecular weight excluding hydrogens is 240 g/mol. The predicted molar refractivity (Wildman–Crippen MR) is 79.7 cm³/mol. The average Bonchev–Trinajstić information content (AvgIpc) is 2.64. The van der Waals surface area contributed by atoms with Gasteiger partial charge in [0.15, 0.2) is 0 Å². The molecule has 1 aromatic rings. The van der Waals surface area contributed by atoms with Crippen molar-refractivity contribution in [3.05, 3.63) is 11.3 Å². The molecule has 0 bridgehead atoms. The van der Waals surface area contributed by atoms with Gasteiger partial charge in [-0.15, -0.1) is 0 Å². The molecule has 0 aromatic carbocycles. The van der Waals surface area contributed by atoms with Gasteiger partial charge in [-0.25, -0.2) is 0 Å². The molecule has 1 atom stereocenters. The molecular formula is C14H28N4O. The SMILES string of the molecule is CCNCc1c(C)nn(C)c1N(CC)C(C)COC. The summed E-state index contributed by atoms with van der Waals surface area (Å²) >= 11 is 0. The minimum atomic E-state index is 0.338. The van der Waals surface area contributed by atoms with Gasteiger partial charge in [-0.05, 0) is 27.3 Å². The predicted octanol–water partition coefficient (Wildman–Crippen LogP) is 1.70. The highest BCUT2D eigenvalue weighted by atomic mass is 16.5. The van der Waals surface area contributed by atoms with E-state index in [1.54, 1.807) is 7.11 Å². The number of nitrogens with one attached hydrogen (secondary N) is 1. The number of methoxy groups -OCH3 is 1. The van der Waals surface area contributed by atoms with Gasteiger partial charge in [0.25, 0.3) is 0 Å². The van der Waals surface area contributed by atoms with Gasteiger partial charge in [0.1, 0.15) is 5.82 Å². The van der Waals surface area contributed by atoms with Crippen LogP contribution in [0.3, 0.4) is 0 Å². The van der Waals surface area contributed by atoms with Gasteiger partial charge in [-0.1, -0.05) is 6.92 Å². The second-order valence-electron chi connectivity index (χ2n) is 4.88. The number of likely N-dealkylation sites (N-methyl/N-ethyl adjacent to an activating group) is 1. The lowest BCUT2D eigenvalue weighted by Crippen LogP contribution is -2.38. The van der Waals surface area contributed by atoms with E-state index < -0.39 is 0 Å². The Morgan fingerprint density at radius 3 is 2.63 bits per heavy atom. The van der Waals surface area contributed by atoms with E-state index in [1.165, 1.54) is 11.4 Å². The summed E-state index contributed by atoms with van der Waals surface area (Å²) in [6.07, 6.45) is 0. The summed E-state index contributed by atoms with van der Waals surface area (Å²) in [7, 11) is 3.76. The standard InChI is InChI=1S/C14H28N4O/c1-7-15-9-13-12(4)16-17(5)14(13)18(8-2)11(3)10-19-6/h11,15H,7-10H2,1-6H3. The molecule has 1 rings (SSSR count). The molecule has 0 aliphatic rings. The van der Waals surface area contributed by atoms with Crippen LogP contribution in [0.2, 0.25) is 0 Å². The molecule has 5 nitrogen and oxygen atoms in total. The van der Waals surface area contributed by atoms with E-state index in [-0.39, 0.29) is 0 Å². The Hall–Kier alpha value is -1.07. The second-order valence-corrected chi connectivity index (χ2v) is 4.88. The maximum absolute atomic E-state index is 5.29.